The van der Waals surface area contributed by atoms with Crippen molar-refractivity contribution in [3.05, 3.63) is 12.4 Å². The molecule has 0 saturated heterocycles. The van der Waals surface area contributed by atoms with Gasteiger partial charge in [0.25, 0.3) is 0 Å². The first kappa shape index (κ1) is 11.0. The standard InChI is InChI=1S/C7H11N3O.ClH/c1-9(2)7(11)10-5-3-8-4-6-10;/h3-5H,6H2,1-2H3;1H. The topological polar surface area (TPSA) is 35.9 Å². The maximum absolute atomic E-state index is 11.2. The number of urea groups is 1. The van der Waals surface area contributed by atoms with Gasteiger partial charge in [-0.3, -0.25) is 9.89 Å². The van der Waals surface area contributed by atoms with Crippen molar-refractivity contribution < 1.29 is 4.79 Å². The lowest BCUT2D eigenvalue weighted by Crippen LogP contribution is -2.37. The minimum Gasteiger partial charge on any atom is -0.330 e. The van der Waals surface area contributed by atoms with Crippen molar-refractivity contribution in [1.82, 2.24) is 9.80 Å². The molecule has 4 nitrogen and oxygen atoms in total. The Labute approximate surface area is 78.0 Å². The maximum atomic E-state index is 11.2. The molecule has 1 heterocycles. The number of aliphatic imine (C=N–C) groups is 1. The largest absolute Gasteiger partial charge is 0.330 e. The fourth-order valence-electron chi connectivity index (χ4n) is 0.775. The van der Waals surface area contributed by atoms with Gasteiger partial charge in [-0.15, -0.1) is 12.4 Å². The lowest BCUT2D eigenvalue weighted by molar-refractivity contribution is 0.193. The summed E-state index contributed by atoms with van der Waals surface area (Å²) < 4.78 is 0. The monoisotopic (exact) mass is 189 g/mol. The first-order chi connectivity index (χ1) is 5.22. The van der Waals surface area contributed by atoms with E-state index in [0.29, 0.717) is 6.54 Å². The summed E-state index contributed by atoms with van der Waals surface area (Å²) >= 11 is 0. The molecule has 1 aliphatic heterocycles. The van der Waals surface area contributed by atoms with E-state index in [2.05, 4.69) is 4.99 Å². The summed E-state index contributed by atoms with van der Waals surface area (Å²) in [4.78, 5) is 18.2. The van der Waals surface area contributed by atoms with Crippen molar-refractivity contribution in [2.24, 2.45) is 4.99 Å². The molecule has 0 N–H and O–H groups in total. The van der Waals surface area contributed by atoms with Crippen LogP contribution in [0.15, 0.2) is 17.4 Å². The summed E-state index contributed by atoms with van der Waals surface area (Å²) in [6.45, 7) is 0.563. The molecule has 0 aromatic heterocycles. The van der Waals surface area contributed by atoms with E-state index >= 15 is 0 Å². The van der Waals surface area contributed by atoms with E-state index < -0.39 is 0 Å². The summed E-state index contributed by atoms with van der Waals surface area (Å²) in [7, 11) is 3.45. The highest BCUT2D eigenvalue weighted by Gasteiger charge is 2.11. The van der Waals surface area contributed by atoms with E-state index in [9.17, 15) is 4.79 Å². The molecule has 68 valence electrons. The molecule has 2 amide bonds. The third kappa shape index (κ3) is 2.54. The molecule has 0 aromatic rings. The number of halogens is 1. The van der Waals surface area contributed by atoms with E-state index in [1.54, 1.807) is 37.6 Å². The Morgan fingerprint density at radius 3 is 2.67 bits per heavy atom. The van der Waals surface area contributed by atoms with Gasteiger partial charge in [-0.1, -0.05) is 0 Å². The second-order valence-electron chi connectivity index (χ2n) is 2.46. The minimum absolute atomic E-state index is 0. The van der Waals surface area contributed by atoms with Crippen LogP contribution < -0.4 is 0 Å². The average molecular weight is 190 g/mol. The highest BCUT2D eigenvalue weighted by Crippen LogP contribution is 1.98. The Hall–Kier alpha value is -1.03. The van der Waals surface area contributed by atoms with Gasteiger partial charge in [0.05, 0.1) is 6.54 Å². The Kier molecular flexibility index (Phi) is 4.36. The number of hydrogen-bond acceptors (Lipinski definition) is 2. The van der Waals surface area contributed by atoms with Crippen molar-refractivity contribution >= 4 is 24.7 Å². The quantitative estimate of drug-likeness (QED) is 0.559. The summed E-state index contributed by atoms with van der Waals surface area (Å²) in [5.74, 6) is 0. The number of rotatable bonds is 0. The molecule has 12 heavy (non-hydrogen) atoms. The lowest BCUT2D eigenvalue weighted by Gasteiger charge is -2.21. The molecule has 0 saturated carbocycles. The van der Waals surface area contributed by atoms with E-state index in [-0.39, 0.29) is 18.4 Å². The predicted octanol–water partition coefficient (Wildman–Crippen LogP) is 0.947. The first-order valence-electron chi connectivity index (χ1n) is 3.38. The summed E-state index contributed by atoms with van der Waals surface area (Å²) in [5.41, 5.74) is 0. The Morgan fingerprint density at radius 2 is 2.25 bits per heavy atom. The molecule has 0 radical (unpaired) electrons. The third-order valence-corrected chi connectivity index (χ3v) is 1.34. The van der Waals surface area contributed by atoms with Crippen LogP contribution in [0.5, 0.6) is 0 Å². The SMILES string of the molecule is CN(C)C(=O)N1C=CN=CC1.Cl. The Morgan fingerprint density at radius 1 is 1.58 bits per heavy atom. The fourth-order valence-corrected chi connectivity index (χ4v) is 0.775. The van der Waals surface area contributed by atoms with Crippen LogP contribution >= 0.6 is 12.4 Å². The molecule has 1 rings (SSSR count). The van der Waals surface area contributed by atoms with E-state index in [0.717, 1.165) is 0 Å². The van der Waals surface area contributed by atoms with Gasteiger partial charge in [0.1, 0.15) is 0 Å². The second-order valence-corrected chi connectivity index (χ2v) is 2.46. The molecular formula is C7H12ClN3O. The summed E-state index contributed by atoms with van der Waals surface area (Å²) in [6, 6.07) is -0.0209. The molecule has 0 spiro atoms. The second kappa shape index (κ2) is 4.77. The highest BCUT2D eigenvalue weighted by atomic mass is 35.5. The van der Waals surface area contributed by atoms with E-state index in [1.165, 1.54) is 4.90 Å². The van der Waals surface area contributed by atoms with Crippen LogP contribution in [0.4, 0.5) is 4.79 Å². The van der Waals surface area contributed by atoms with Crippen molar-refractivity contribution in [2.45, 2.75) is 0 Å². The van der Waals surface area contributed by atoms with Crippen LogP contribution in [0.25, 0.3) is 0 Å². The summed E-state index contributed by atoms with van der Waals surface area (Å²) in [5, 5.41) is 0. The third-order valence-electron chi connectivity index (χ3n) is 1.34. The maximum Gasteiger partial charge on any atom is 0.323 e. The van der Waals surface area contributed by atoms with Crippen molar-refractivity contribution in [2.75, 3.05) is 20.6 Å². The van der Waals surface area contributed by atoms with Gasteiger partial charge in [0.2, 0.25) is 0 Å². The lowest BCUT2D eigenvalue weighted by atomic mass is 10.5. The van der Waals surface area contributed by atoms with Crippen LogP contribution in [0.2, 0.25) is 0 Å². The van der Waals surface area contributed by atoms with Crippen molar-refractivity contribution in [1.29, 1.82) is 0 Å². The number of carbonyl (C=O) groups is 1. The van der Waals surface area contributed by atoms with Gasteiger partial charge in [0, 0.05) is 32.7 Å². The van der Waals surface area contributed by atoms with Gasteiger partial charge in [0.15, 0.2) is 0 Å². The summed E-state index contributed by atoms with van der Waals surface area (Å²) in [6.07, 6.45) is 4.97. The number of hydrogen-bond donors (Lipinski definition) is 0. The van der Waals surface area contributed by atoms with Crippen LogP contribution in [-0.4, -0.2) is 42.7 Å². The zero-order chi connectivity index (χ0) is 8.27. The van der Waals surface area contributed by atoms with Crippen LogP contribution in [0.3, 0.4) is 0 Å². The highest BCUT2D eigenvalue weighted by molar-refractivity contribution is 5.85. The molecule has 0 bridgehead atoms. The Balaban J connectivity index is 0.00000121. The fraction of sp³-hybridized carbons (Fsp3) is 0.429. The van der Waals surface area contributed by atoms with Gasteiger partial charge in [-0.25, -0.2) is 4.79 Å². The molecule has 1 aliphatic rings. The van der Waals surface area contributed by atoms with E-state index in [4.69, 9.17) is 0 Å². The van der Waals surface area contributed by atoms with Gasteiger partial charge < -0.3 is 4.90 Å². The van der Waals surface area contributed by atoms with Crippen LogP contribution in [-0.2, 0) is 0 Å². The van der Waals surface area contributed by atoms with Crippen LogP contribution in [0.1, 0.15) is 0 Å². The zero-order valence-corrected chi connectivity index (χ0v) is 7.91. The predicted molar refractivity (Wildman–Crippen MR) is 50.7 cm³/mol. The van der Waals surface area contributed by atoms with Gasteiger partial charge in [-0.2, -0.15) is 0 Å². The molecule has 0 aromatic carbocycles. The van der Waals surface area contributed by atoms with Crippen molar-refractivity contribution in [3.63, 3.8) is 0 Å². The zero-order valence-electron chi connectivity index (χ0n) is 7.10. The number of carbonyl (C=O) groups excluding carboxylic acids is 1. The van der Waals surface area contributed by atoms with Crippen molar-refractivity contribution in [3.8, 4) is 0 Å². The van der Waals surface area contributed by atoms with Gasteiger partial charge in [-0.05, 0) is 0 Å². The molecule has 0 fully saturated rings. The minimum atomic E-state index is -0.0209. The van der Waals surface area contributed by atoms with Crippen LogP contribution in [0, 0.1) is 0 Å². The number of nitrogens with zero attached hydrogens (tertiary/aromatic N) is 3. The molecule has 5 heteroatoms. The molecular weight excluding hydrogens is 178 g/mol. The average Bonchev–Trinajstić information content (AvgIpc) is 2.05. The first-order valence-corrected chi connectivity index (χ1v) is 3.38. The van der Waals surface area contributed by atoms with E-state index in [1.807, 2.05) is 0 Å². The molecule has 0 unspecified atom stereocenters. The Bertz CT molecular complexity index is 213. The molecule has 0 aliphatic carbocycles. The number of amides is 2. The molecule has 0 atom stereocenters. The normalized spacial score (nSPS) is 14.0. The smallest absolute Gasteiger partial charge is 0.323 e. The van der Waals surface area contributed by atoms with Gasteiger partial charge >= 0.3 is 6.03 Å².